The maximum Gasteiger partial charge on any atom is 0.409 e. The number of methoxy groups -OCH3 is 1. The number of benzene rings is 1. The van der Waals surface area contributed by atoms with Crippen molar-refractivity contribution in [2.24, 2.45) is 5.92 Å². The molecule has 2 bridgehead atoms. The number of nitrogens with zero attached hydrogens (tertiary/aromatic N) is 5. The van der Waals surface area contributed by atoms with Crippen LogP contribution in [0.2, 0.25) is 0 Å². The average Bonchev–Trinajstić information content (AvgIpc) is 3.54. The zero-order valence-electron chi connectivity index (χ0n) is 22.3. The van der Waals surface area contributed by atoms with Crippen LogP contribution < -0.4 is 0 Å². The van der Waals surface area contributed by atoms with E-state index in [1.54, 1.807) is 11.8 Å². The fourth-order valence-electron chi connectivity index (χ4n) is 7.73. The number of aryl methyl sites for hydroxylation is 1. The number of amides is 2. The van der Waals surface area contributed by atoms with E-state index in [1.165, 1.54) is 31.2 Å². The molecule has 4 aliphatic heterocycles. The molecule has 1 aromatic heterocycles. The van der Waals surface area contributed by atoms with Crippen LogP contribution in [0.3, 0.4) is 0 Å². The van der Waals surface area contributed by atoms with Crippen molar-refractivity contribution in [3.05, 3.63) is 53.1 Å². The Bertz CT molecular complexity index is 1150. The van der Waals surface area contributed by atoms with E-state index in [0.717, 1.165) is 50.4 Å². The second-order valence-electron chi connectivity index (χ2n) is 11.5. The van der Waals surface area contributed by atoms with Crippen molar-refractivity contribution < 1.29 is 14.3 Å². The molecule has 2 amide bonds. The normalized spacial score (nSPS) is 29.4. The van der Waals surface area contributed by atoms with Gasteiger partial charge in [0.25, 0.3) is 0 Å². The third kappa shape index (κ3) is 4.43. The summed E-state index contributed by atoms with van der Waals surface area (Å²) in [4.78, 5) is 35.8. The number of carbonyl (C=O) groups is 2. The van der Waals surface area contributed by atoms with Gasteiger partial charge < -0.3 is 19.1 Å². The third-order valence-corrected chi connectivity index (χ3v) is 9.45. The van der Waals surface area contributed by atoms with E-state index in [-0.39, 0.29) is 12.0 Å². The quantitative estimate of drug-likeness (QED) is 0.633. The van der Waals surface area contributed by atoms with Gasteiger partial charge in [-0.25, -0.2) is 9.78 Å². The molecule has 4 atom stereocenters. The molecule has 37 heavy (non-hydrogen) atoms. The smallest absolute Gasteiger partial charge is 0.409 e. The minimum absolute atomic E-state index is 0.191. The first-order valence-corrected chi connectivity index (χ1v) is 13.9. The van der Waals surface area contributed by atoms with Crippen molar-refractivity contribution in [1.82, 2.24) is 24.3 Å². The molecule has 3 saturated heterocycles. The van der Waals surface area contributed by atoms with Gasteiger partial charge in [-0.2, -0.15) is 0 Å². The number of aromatic nitrogens is 2. The molecule has 2 aromatic rings. The van der Waals surface area contributed by atoms with E-state index >= 15 is 0 Å². The molecule has 6 rings (SSSR count). The van der Waals surface area contributed by atoms with Crippen LogP contribution in [0.25, 0.3) is 0 Å². The summed E-state index contributed by atoms with van der Waals surface area (Å²) in [6.45, 7) is 7.81. The second-order valence-corrected chi connectivity index (χ2v) is 11.5. The lowest BCUT2D eigenvalue weighted by molar-refractivity contribution is -0.128. The minimum Gasteiger partial charge on any atom is -0.453 e. The maximum atomic E-state index is 12.3. The molecule has 3 fully saturated rings. The van der Waals surface area contributed by atoms with Crippen LogP contribution in [0.15, 0.2) is 30.3 Å². The topological polar surface area (TPSA) is 70.9 Å². The molecule has 4 aliphatic rings. The molecule has 0 unspecified atom stereocenters. The molecule has 8 nitrogen and oxygen atoms in total. The first kappa shape index (κ1) is 24.5. The highest BCUT2D eigenvalue weighted by Gasteiger charge is 2.45. The number of hydrogen-bond acceptors (Lipinski definition) is 5. The first-order chi connectivity index (χ1) is 17.9. The maximum absolute atomic E-state index is 12.3. The van der Waals surface area contributed by atoms with E-state index < -0.39 is 0 Å². The van der Waals surface area contributed by atoms with Gasteiger partial charge in [-0.3, -0.25) is 9.69 Å². The fourth-order valence-corrected chi connectivity index (χ4v) is 7.73. The Morgan fingerprint density at radius 1 is 1.03 bits per heavy atom. The monoisotopic (exact) mass is 505 g/mol. The number of piperidine rings is 1. The first-order valence-electron chi connectivity index (χ1n) is 13.9. The number of hydrogen-bond donors (Lipinski definition) is 0. The Hall–Kier alpha value is -2.87. The number of imidazole rings is 1. The van der Waals surface area contributed by atoms with Gasteiger partial charge in [0.05, 0.1) is 19.3 Å². The standard InChI is InChI=1S/C29H39N5O3/c1-19-30-27-18-31(29(36)37-3)12-11-28(27)34(19)25-13-23-9-10-24(14-25)33(23)16-22-15-32(20(2)35)17-26(22)21-7-5-4-6-8-21/h4-8,22-26H,9-18H2,1-3H3/t22-,23+,24+,26-/m1/s1. The van der Waals surface area contributed by atoms with Crippen molar-refractivity contribution in [2.45, 2.75) is 76.5 Å². The van der Waals surface area contributed by atoms with Crippen LogP contribution in [-0.4, -0.2) is 81.6 Å². The SMILES string of the molecule is COC(=O)N1CCc2c(nc(C)n2C2C[C@@H]3CC[C@@H](C2)N3C[C@H]2CN(C(C)=O)C[C@@H]2c2ccccc2)C1. The van der Waals surface area contributed by atoms with Gasteiger partial charge >= 0.3 is 6.09 Å². The number of ether oxygens (including phenoxy) is 1. The summed E-state index contributed by atoms with van der Waals surface area (Å²) in [6.07, 6.45) is 5.38. The number of carbonyl (C=O) groups excluding carboxylic acids is 2. The number of likely N-dealkylation sites (tertiary alicyclic amines) is 1. The lowest BCUT2D eigenvalue weighted by atomic mass is 9.87. The van der Waals surface area contributed by atoms with Gasteiger partial charge in [0, 0.05) is 69.3 Å². The largest absolute Gasteiger partial charge is 0.453 e. The Morgan fingerprint density at radius 2 is 1.76 bits per heavy atom. The van der Waals surface area contributed by atoms with Crippen molar-refractivity contribution in [1.29, 1.82) is 0 Å². The third-order valence-electron chi connectivity index (χ3n) is 9.45. The van der Waals surface area contributed by atoms with Crippen LogP contribution >= 0.6 is 0 Å². The molecule has 0 saturated carbocycles. The van der Waals surface area contributed by atoms with Gasteiger partial charge in [0.2, 0.25) is 5.91 Å². The van der Waals surface area contributed by atoms with Gasteiger partial charge in [-0.1, -0.05) is 30.3 Å². The second kappa shape index (κ2) is 9.78. The summed E-state index contributed by atoms with van der Waals surface area (Å²) in [5, 5.41) is 0. The Kier molecular flexibility index (Phi) is 6.47. The van der Waals surface area contributed by atoms with E-state index in [0.29, 0.717) is 43.1 Å². The highest BCUT2D eigenvalue weighted by atomic mass is 16.5. The van der Waals surface area contributed by atoms with E-state index in [1.807, 2.05) is 0 Å². The van der Waals surface area contributed by atoms with Gasteiger partial charge in [0.1, 0.15) is 5.82 Å². The molecule has 0 radical (unpaired) electrons. The zero-order valence-corrected chi connectivity index (χ0v) is 22.3. The van der Waals surface area contributed by atoms with Crippen molar-refractivity contribution >= 4 is 12.0 Å². The minimum atomic E-state index is -0.270. The summed E-state index contributed by atoms with van der Waals surface area (Å²) in [6, 6.07) is 12.4. The predicted octanol–water partition coefficient (Wildman–Crippen LogP) is 3.75. The van der Waals surface area contributed by atoms with Crippen molar-refractivity contribution in [3.8, 4) is 0 Å². The van der Waals surface area contributed by atoms with Crippen LogP contribution in [0, 0.1) is 12.8 Å². The fraction of sp³-hybridized carbons (Fsp3) is 0.621. The summed E-state index contributed by atoms with van der Waals surface area (Å²) in [7, 11) is 1.44. The van der Waals surface area contributed by atoms with Crippen molar-refractivity contribution in [2.75, 3.05) is 33.3 Å². The molecular formula is C29H39N5O3. The van der Waals surface area contributed by atoms with Gasteiger partial charge in [0.15, 0.2) is 0 Å². The lowest BCUT2D eigenvalue weighted by Crippen LogP contribution is -2.47. The van der Waals surface area contributed by atoms with Gasteiger partial charge in [-0.05, 0) is 44.1 Å². The van der Waals surface area contributed by atoms with E-state index in [2.05, 4.69) is 51.6 Å². The number of fused-ring (bicyclic) bond motifs is 3. The summed E-state index contributed by atoms with van der Waals surface area (Å²) < 4.78 is 7.45. The van der Waals surface area contributed by atoms with Crippen LogP contribution in [-0.2, 0) is 22.5 Å². The predicted molar refractivity (Wildman–Crippen MR) is 140 cm³/mol. The van der Waals surface area contributed by atoms with Crippen LogP contribution in [0.4, 0.5) is 4.79 Å². The molecule has 0 aliphatic carbocycles. The van der Waals surface area contributed by atoms with E-state index in [9.17, 15) is 9.59 Å². The molecule has 8 heteroatoms. The van der Waals surface area contributed by atoms with Crippen molar-refractivity contribution in [3.63, 3.8) is 0 Å². The molecular weight excluding hydrogens is 466 g/mol. The van der Waals surface area contributed by atoms with Gasteiger partial charge in [-0.15, -0.1) is 0 Å². The summed E-state index contributed by atoms with van der Waals surface area (Å²) in [5.74, 6) is 2.14. The summed E-state index contributed by atoms with van der Waals surface area (Å²) >= 11 is 0. The lowest BCUT2D eigenvalue weighted by Gasteiger charge is -2.42. The number of rotatable bonds is 4. The molecule has 0 N–H and O–H groups in total. The Labute approximate surface area is 219 Å². The summed E-state index contributed by atoms with van der Waals surface area (Å²) in [5.41, 5.74) is 3.71. The molecule has 198 valence electrons. The highest BCUT2D eigenvalue weighted by molar-refractivity contribution is 5.73. The zero-order chi connectivity index (χ0) is 25.7. The molecule has 5 heterocycles. The van der Waals surface area contributed by atoms with Crippen LogP contribution in [0.1, 0.15) is 67.3 Å². The molecule has 1 aromatic carbocycles. The highest BCUT2D eigenvalue weighted by Crippen LogP contribution is 2.44. The van der Waals surface area contributed by atoms with Crippen LogP contribution in [0.5, 0.6) is 0 Å². The van der Waals surface area contributed by atoms with E-state index in [4.69, 9.17) is 9.72 Å². The Morgan fingerprint density at radius 3 is 2.43 bits per heavy atom. The average molecular weight is 506 g/mol. The molecule has 0 spiro atoms. The Balaban J connectivity index is 1.18.